The van der Waals surface area contributed by atoms with Crippen molar-refractivity contribution in [3.05, 3.63) is 53.1 Å². The summed E-state index contributed by atoms with van der Waals surface area (Å²) in [6.07, 6.45) is 3.59. The van der Waals surface area contributed by atoms with E-state index < -0.39 is 11.5 Å². The van der Waals surface area contributed by atoms with E-state index >= 15 is 0 Å². The van der Waals surface area contributed by atoms with Crippen LogP contribution in [0, 0.1) is 19.8 Å². The van der Waals surface area contributed by atoms with Crippen molar-refractivity contribution in [3.63, 3.8) is 0 Å². The van der Waals surface area contributed by atoms with Crippen LogP contribution in [-0.2, 0) is 15.1 Å². The number of thioether (sulfide) groups is 1. The number of carbonyl (C=O) groups excluding carboxylic acids is 2. The van der Waals surface area contributed by atoms with Gasteiger partial charge >= 0.3 is 0 Å². The van der Waals surface area contributed by atoms with Crippen LogP contribution in [0.4, 0.5) is 11.4 Å². The average molecular weight is 440 g/mol. The average Bonchev–Trinajstić information content (AvgIpc) is 3.27. The molecule has 1 saturated heterocycles. The Labute approximate surface area is 187 Å². The van der Waals surface area contributed by atoms with Gasteiger partial charge < -0.3 is 15.4 Å². The van der Waals surface area contributed by atoms with E-state index in [4.69, 9.17) is 4.74 Å². The molecule has 2 aromatic carbocycles. The first-order chi connectivity index (χ1) is 14.9. The van der Waals surface area contributed by atoms with Gasteiger partial charge in [-0.2, -0.15) is 11.8 Å². The molecule has 1 fully saturated rings. The van der Waals surface area contributed by atoms with Gasteiger partial charge in [-0.3, -0.25) is 14.9 Å². The minimum absolute atomic E-state index is 0.0941. The molecule has 0 aliphatic carbocycles. The van der Waals surface area contributed by atoms with Crippen molar-refractivity contribution < 1.29 is 14.3 Å². The van der Waals surface area contributed by atoms with Crippen molar-refractivity contribution in [2.75, 3.05) is 29.8 Å². The maximum absolute atomic E-state index is 13.5. The van der Waals surface area contributed by atoms with Crippen molar-refractivity contribution in [1.82, 2.24) is 5.32 Å². The van der Waals surface area contributed by atoms with E-state index in [-0.39, 0.29) is 17.9 Å². The number of hydrogen-bond acceptors (Lipinski definition) is 5. The monoisotopic (exact) mass is 439 g/mol. The van der Waals surface area contributed by atoms with Crippen LogP contribution in [0.3, 0.4) is 0 Å². The summed E-state index contributed by atoms with van der Waals surface area (Å²) in [5.41, 5.74) is 3.45. The van der Waals surface area contributed by atoms with Crippen LogP contribution in [-0.4, -0.2) is 37.0 Å². The van der Waals surface area contributed by atoms with Gasteiger partial charge in [-0.15, -0.1) is 0 Å². The summed E-state index contributed by atoms with van der Waals surface area (Å²) in [7, 11) is 1.61. The summed E-state index contributed by atoms with van der Waals surface area (Å²) in [4.78, 5) is 26.9. The van der Waals surface area contributed by atoms with E-state index in [1.54, 1.807) is 18.9 Å². The number of amides is 2. The van der Waals surface area contributed by atoms with Gasteiger partial charge in [0.1, 0.15) is 11.3 Å². The summed E-state index contributed by atoms with van der Waals surface area (Å²) in [6, 6.07) is 11.4. The quantitative estimate of drug-likeness (QED) is 0.638. The molecule has 0 saturated carbocycles. The molecular formula is C24H29N3O3S. The number of methoxy groups -OCH3 is 1. The Morgan fingerprint density at radius 3 is 2.68 bits per heavy atom. The lowest BCUT2D eigenvalue weighted by Crippen LogP contribution is -2.52. The fourth-order valence-corrected chi connectivity index (χ4v) is 5.39. The highest BCUT2D eigenvalue weighted by molar-refractivity contribution is 7.98. The number of ether oxygens (including phenoxy) is 1. The number of nitrogens with one attached hydrogen (secondary N) is 3. The minimum Gasteiger partial charge on any atom is -0.497 e. The molecule has 1 spiro atoms. The van der Waals surface area contributed by atoms with E-state index in [1.807, 2.05) is 44.2 Å². The molecule has 0 unspecified atom stereocenters. The van der Waals surface area contributed by atoms with Gasteiger partial charge in [0.25, 0.3) is 0 Å². The predicted molar refractivity (Wildman–Crippen MR) is 126 cm³/mol. The van der Waals surface area contributed by atoms with Crippen molar-refractivity contribution >= 4 is 35.0 Å². The second-order valence-electron chi connectivity index (χ2n) is 8.40. The summed E-state index contributed by atoms with van der Waals surface area (Å²) in [5, 5.41) is 9.68. The molecule has 164 valence electrons. The largest absolute Gasteiger partial charge is 0.497 e. The van der Waals surface area contributed by atoms with Crippen molar-refractivity contribution in [2.24, 2.45) is 5.92 Å². The predicted octanol–water partition coefficient (Wildman–Crippen LogP) is 3.83. The highest BCUT2D eigenvalue weighted by Gasteiger charge is 2.60. The zero-order valence-electron chi connectivity index (χ0n) is 18.4. The Morgan fingerprint density at radius 2 is 2.00 bits per heavy atom. The second kappa shape index (κ2) is 8.55. The molecule has 2 amide bonds. The lowest BCUT2D eigenvalue weighted by atomic mass is 9.78. The van der Waals surface area contributed by atoms with Crippen LogP contribution in [0.1, 0.15) is 29.5 Å². The highest BCUT2D eigenvalue weighted by Crippen LogP contribution is 2.49. The summed E-state index contributed by atoms with van der Waals surface area (Å²) in [5.74, 6) is 0.902. The van der Waals surface area contributed by atoms with Gasteiger partial charge in [-0.25, -0.2) is 0 Å². The van der Waals surface area contributed by atoms with Crippen molar-refractivity contribution in [3.8, 4) is 5.75 Å². The zero-order chi connectivity index (χ0) is 22.2. The lowest BCUT2D eigenvalue weighted by Gasteiger charge is -2.29. The number of fused-ring (bicyclic) bond motifs is 2. The first kappa shape index (κ1) is 21.7. The molecule has 2 aliphatic rings. The Kier molecular flexibility index (Phi) is 5.99. The van der Waals surface area contributed by atoms with E-state index in [0.717, 1.165) is 40.3 Å². The Morgan fingerprint density at radius 1 is 1.26 bits per heavy atom. The fourth-order valence-electron chi connectivity index (χ4n) is 4.87. The van der Waals surface area contributed by atoms with E-state index in [9.17, 15) is 9.59 Å². The van der Waals surface area contributed by atoms with Crippen LogP contribution in [0.15, 0.2) is 36.4 Å². The van der Waals surface area contributed by atoms with Gasteiger partial charge in [0.15, 0.2) is 0 Å². The van der Waals surface area contributed by atoms with E-state index in [1.165, 1.54) is 0 Å². The van der Waals surface area contributed by atoms with Crippen LogP contribution >= 0.6 is 11.8 Å². The molecule has 3 atom stereocenters. The number of anilines is 2. The molecule has 0 bridgehead atoms. The number of benzene rings is 2. The van der Waals surface area contributed by atoms with Crippen LogP contribution in [0.25, 0.3) is 0 Å². The van der Waals surface area contributed by atoms with Crippen LogP contribution in [0.5, 0.6) is 5.75 Å². The Balaban J connectivity index is 1.71. The molecule has 2 aromatic rings. The molecule has 7 heteroatoms. The third-order valence-corrected chi connectivity index (χ3v) is 6.96. The van der Waals surface area contributed by atoms with Crippen LogP contribution < -0.4 is 20.7 Å². The van der Waals surface area contributed by atoms with E-state index in [2.05, 4.69) is 28.3 Å². The first-order valence-electron chi connectivity index (χ1n) is 10.5. The van der Waals surface area contributed by atoms with Gasteiger partial charge in [0, 0.05) is 23.0 Å². The molecule has 0 aromatic heterocycles. The van der Waals surface area contributed by atoms with E-state index in [0.29, 0.717) is 12.1 Å². The van der Waals surface area contributed by atoms with Gasteiger partial charge in [-0.05, 0) is 68.5 Å². The normalized spacial score (nSPS) is 24.2. The zero-order valence-corrected chi connectivity index (χ0v) is 19.2. The van der Waals surface area contributed by atoms with Gasteiger partial charge in [-0.1, -0.05) is 17.7 Å². The second-order valence-corrected chi connectivity index (χ2v) is 9.38. The molecule has 0 radical (unpaired) electrons. The molecule has 2 heterocycles. The third-order valence-electron chi connectivity index (χ3n) is 6.32. The minimum atomic E-state index is -1.05. The Bertz CT molecular complexity index is 1010. The number of aryl methyl sites for hydroxylation is 2. The summed E-state index contributed by atoms with van der Waals surface area (Å²) < 4.78 is 5.20. The smallest absolute Gasteiger partial charge is 0.250 e. The first-order valence-corrected chi connectivity index (χ1v) is 11.9. The molecule has 31 heavy (non-hydrogen) atoms. The lowest BCUT2D eigenvalue weighted by molar-refractivity contribution is -0.130. The summed E-state index contributed by atoms with van der Waals surface area (Å²) in [6.45, 7) is 4.02. The SMILES string of the molecule is COc1ccc(NC(=O)[C@@H]2C[C@@H](CCSC)N[C@@]23C(=O)Nc2c(C)cc(C)cc23)cc1. The third kappa shape index (κ3) is 3.81. The van der Waals surface area contributed by atoms with Crippen LogP contribution in [0.2, 0.25) is 0 Å². The van der Waals surface area contributed by atoms with Gasteiger partial charge in [0.2, 0.25) is 11.8 Å². The van der Waals surface area contributed by atoms with Gasteiger partial charge in [0.05, 0.1) is 13.0 Å². The number of carbonyl (C=O) groups is 2. The molecule has 6 nitrogen and oxygen atoms in total. The Hall–Kier alpha value is -2.51. The molecular weight excluding hydrogens is 410 g/mol. The van der Waals surface area contributed by atoms with Crippen molar-refractivity contribution in [1.29, 1.82) is 0 Å². The number of rotatable bonds is 6. The highest BCUT2D eigenvalue weighted by atomic mass is 32.2. The van der Waals surface area contributed by atoms with Crippen molar-refractivity contribution in [2.45, 2.75) is 38.3 Å². The summed E-state index contributed by atoms with van der Waals surface area (Å²) >= 11 is 1.77. The number of hydrogen-bond donors (Lipinski definition) is 3. The molecule has 4 rings (SSSR count). The maximum Gasteiger partial charge on any atom is 0.250 e. The topological polar surface area (TPSA) is 79.5 Å². The fraction of sp³-hybridized carbons (Fsp3) is 0.417. The maximum atomic E-state index is 13.5. The molecule has 2 aliphatic heterocycles. The molecule has 3 N–H and O–H groups in total. The standard InChI is InChI=1S/C24H29N3O3S/c1-14-11-15(2)21-19(12-14)24(23(29)26-21)20(13-17(27-24)9-10-31-4)22(28)25-16-5-7-18(30-3)8-6-16/h5-8,11-12,17,20,27H,9-10,13H2,1-4H3,(H,25,28)(H,26,29)/t17-,20+,24-/m1/s1.